The van der Waals surface area contributed by atoms with E-state index in [9.17, 15) is 8.42 Å². The van der Waals surface area contributed by atoms with Crippen molar-refractivity contribution in [2.45, 2.75) is 37.2 Å². The molecule has 0 spiro atoms. The number of benzene rings is 1. The Hall–Kier alpha value is -0.910. The van der Waals surface area contributed by atoms with Crippen LogP contribution >= 0.6 is 0 Å². The van der Waals surface area contributed by atoms with Crippen LogP contribution in [0.5, 0.6) is 0 Å². The second-order valence-electron chi connectivity index (χ2n) is 4.97. The Morgan fingerprint density at radius 2 is 1.82 bits per heavy atom. The quantitative estimate of drug-likeness (QED) is 0.824. The van der Waals surface area contributed by atoms with Crippen LogP contribution in [-0.2, 0) is 10.0 Å². The Morgan fingerprint density at radius 3 is 2.24 bits per heavy atom. The number of aryl methyl sites for hydroxylation is 1. The Bertz CT molecular complexity index is 519. The number of aliphatic hydroxyl groups excluding tert-OH is 1. The van der Waals surface area contributed by atoms with Crippen LogP contribution in [0.2, 0.25) is 0 Å². The highest BCUT2D eigenvalue weighted by atomic mass is 32.2. The van der Waals surface area contributed by atoms with Gasteiger partial charge in [0.25, 0.3) is 0 Å². The highest BCUT2D eigenvalue weighted by Gasteiger charge is 2.61. The topological polar surface area (TPSA) is 57.4 Å². The number of hydrogen-bond acceptors (Lipinski definition) is 3. The Kier molecular flexibility index (Phi) is 2.80. The largest absolute Gasteiger partial charge is 0.395 e. The summed E-state index contributed by atoms with van der Waals surface area (Å²) >= 11 is 0. The van der Waals surface area contributed by atoms with Crippen LogP contribution in [0.4, 0.5) is 0 Å². The molecule has 0 amide bonds. The first kappa shape index (κ1) is 12.5. The smallest absolute Gasteiger partial charge is 0.244 e. The van der Waals surface area contributed by atoms with Crippen molar-refractivity contribution >= 4 is 10.0 Å². The van der Waals surface area contributed by atoms with Crippen molar-refractivity contribution in [3.63, 3.8) is 0 Å². The molecule has 2 unspecified atom stereocenters. The van der Waals surface area contributed by atoms with E-state index in [1.807, 2.05) is 20.8 Å². The van der Waals surface area contributed by atoms with E-state index in [0.29, 0.717) is 0 Å². The minimum atomic E-state index is -3.48. The lowest BCUT2D eigenvalue weighted by Gasteiger charge is -2.08. The molecule has 2 atom stereocenters. The fourth-order valence-electron chi connectivity index (χ4n) is 2.13. The molecule has 2 rings (SSSR count). The highest BCUT2D eigenvalue weighted by molar-refractivity contribution is 7.89. The molecular weight excluding hydrogens is 238 g/mol. The van der Waals surface area contributed by atoms with Crippen LogP contribution in [0.15, 0.2) is 29.2 Å². The molecule has 0 aliphatic carbocycles. The van der Waals surface area contributed by atoms with E-state index >= 15 is 0 Å². The monoisotopic (exact) mass is 255 g/mol. The molecule has 1 aromatic carbocycles. The summed E-state index contributed by atoms with van der Waals surface area (Å²) in [7, 11) is -3.48. The van der Waals surface area contributed by atoms with E-state index < -0.39 is 15.6 Å². The van der Waals surface area contributed by atoms with Gasteiger partial charge >= 0.3 is 0 Å². The highest BCUT2D eigenvalue weighted by Crippen LogP contribution is 2.45. The van der Waals surface area contributed by atoms with Crippen molar-refractivity contribution in [1.29, 1.82) is 0 Å². The molecule has 1 aliphatic heterocycles. The molecule has 0 aromatic heterocycles. The molecule has 0 bridgehead atoms. The summed E-state index contributed by atoms with van der Waals surface area (Å²) in [6.45, 7) is 5.41. The second-order valence-corrected chi connectivity index (χ2v) is 6.78. The van der Waals surface area contributed by atoms with E-state index in [1.165, 1.54) is 4.31 Å². The van der Waals surface area contributed by atoms with Crippen molar-refractivity contribution in [2.24, 2.45) is 0 Å². The molecule has 0 saturated carbocycles. The lowest BCUT2D eigenvalue weighted by molar-refractivity contribution is 0.284. The summed E-state index contributed by atoms with van der Waals surface area (Å²) in [5.74, 6) is 0. The van der Waals surface area contributed by atoms with Gasteiger partial charge in [-0.2, -0.15) is 4.31 Å². The van der Waals surface area contributed by atoms with Gasteiger partial charge < -0.3 is 5.11 Å². The average Bonchev–Trinajstić information content (AvgIpc) is 2.82. The predicted molar refractivity (Wildman–Crippen MR) is 65.2 cm³/mol. The van der Waals surface area contributed by atoms with Crippen molar-refractivity contribution in [2.75, 3.05) is 6.61 Å². The molecule has 1 N–H and O–H groups in total. The molecule has 1 saturated heterocycles. The summed E-state index contributed by atoms with van der Waals surface area (Å²) in [6, 6.07) is 6.45. The van der Waals surface area contributed by atoms with Crippen molar-refractivity contribution in [3.8, 4) is 0 Å². The first-order valence-corrected chi connectivity index (χ1v) is 6.98. The van der Waals surface area contributed by atoms with Crippen molar-refractivity contribution < 1.29 is 13.5 Å². The van der Waals surface area contributed by atoms with Gasteiger partial charge in [0.2, 0.25) is 10.0 Å². The molecule has 94 valence electrons. The minimum absolute atomic E-state index is 0.141. The first-order valence-electron chi connectivity index (χ1n) is 5.54. The van der Waals surface area contributed by atoms with Gasteiger partial charge in [0.15, 0.2) is 0 Å². The number of rotatable bonds is 3. The molecule has 17 heavy (non-hydrogen) atoms. The van der Waals surface area contributed by atoms with Crippen LogP contribution in [0, 0.1) is 6.92 Å². The second kappa shape index (κ2) is 3.80. The van der Waals surface area contributed by atoms with E-state index in [0.717, 1.165) is 5.56 Å². The van der Waals surface area contributed by atoms with Gasteiger partial charge in [0, 0.05) is 5.54 Å². The Labute approximate surface area is 102 Å². The molecule has 1 aliphatic rings. The van der Waals surface area contributed by atoms with Gasteiger partial charge in [0.1, 0.15) is 0 Å². The van der Waals surface area contributed by atoms with Crippen LogP contribution in [0.25, 0.3) is 0 Å². The van der Waals surface area contributed by atoms with Gasteiger partial charge in [-0.1, -0.05) is 17.7 Å². The molecular formula is C12H17NO3S. The lowest BCUT2D eigenvalue weighted by atomic mass is 10.1. The third-order valence-corrected chi connectivity index (χ3v) is 5.46. The SMILES string of the molecule is Cc1ccc(S(=O)(=O)N2C(CO)C2(C)C)cc1. The molecule has 5 heteroatoms. The van der Waals surface area contributed by atoms with Gasteiger partial charge in [-0.05, 0) is 32.9 Å². The number of nitrogens with zero attached hydrogens (tertiary/aromatic N) is 1. The lowest BCUT2D eigenvalue weighted by Crippen LogP contribution is -2.19. The van der Waals surface area contributed by atoms with E-state index in [-0.39, 0.29) is 17.5 Å². The van der Waals surface area contributed by atoms with Gasteiger partial charge in [-0.25, -0.2) is 8.42 Å². The molecule has 1 aromatic rings. The molecule has 4 nitrogen and oxygen atoms in total. The molecule has 1 heterocycles. The number of aliphatic hydroxyl groups is 1. The van der Waals surface area contributed by atoms with Crippen LogP contribution < -0.4 is 0 Å². The maximum Gasteiger partial charge on any atom is 0.244 e. The van der Waals surface area contributed by atoms with Crippen molar-refractivity contribution in [3.05, 3.63) is 29.8 Å². The zero-order valence-electron chi connectivity index (χ0n) is 10.2. The summed E-state index contributed by atoms with van der Waals surface area (Å²) in [5, 5.41) is 9.16. The minimum Gasteiger partial charge on any atom is -0.395 e. The first-order chi connectivity index (χ1) is 7.81. The average molecular weight is 255 g/mol. The third kappa shape index (κ3) is 1.88. The summed E-state index contributed by atoms with van der Waals surface area (Å²) in [6.07, 6.45) is 0. The summed E-state index contributed by atoms with van der Waals surface area (Å²) in [5.41, 5.74) is 0.533. The number of hydrogen-bond donors (Lipinski definition) is 1. The molecule has 1 fully saturated rings. The number of sulfonamides is 1. The maximum absolute atomic E-state index is 12.3. The Morgan fingerprint density at radius 1 is 1.29 bits per heavy atom. The van der Waals surface area contributed by atoms with Gasteiger partial charge in [-0.15, -0.1) is 0 Å². The van der Waals surface area contributed by atoms with E-state index in [4.69, 9.17) is 5.11 Å². The summed E-state index contributed by atoms with van der Waals surface area (Å²) < 4.78 is 26.0. The van der Waals surface area contributed by atoms with Crippen molar-refractivity contribution in [1.82, 2.24) is 4.31 Å². The fraction of sp³-hybridized carbons (Fsp3) is 0.500. The fourth-order valence-corrected chi connectivity index (χ4v) is 4.19. The van der Waals surface area contributed by atoms with E-state index in [1.54, 1.807) is 24.3 Å². The van der Waals surface area contributed by atoms with Crippen LogP contribution in [0.1, 0.15) is 19.4 Å². The zero-order chi connectivity index (χ0) is 12.8. The standard InChI is InChI=1S/C12H17NO3S/c1-9-4-6-10(7-5-9)17(15,16)13-11(8-14)12(13,2)3/h4-7,11,14H,8H2,1-3H3. The molecule has 0 radical (unpaired) electrons. The summed E-state index contributed by atoms with van der Waals surface area (Å²) in [4.78, 5) is 0.284. The van der Waals surface area contributed by atoms with E-state index in [2.05, 4.69) is 0 Å². The van der Waals surface area contributed by atoms with Gasteiger partial charge in [0.05, 0.1) is 17.5 Å². The van der Waals surface area contributed by atoms with Crippen LogP contribution in [0.3, 0.4) is 0 Å². The normalized spacial score (nSPS) is 26.8. The van der Waals surface area contributed by atoms with Gasteiger partial charge in [-0.3, -0.25) is 0 Å². The van der Waals surface area contributed by atoms with Crippen LogP contribution in [-0.4, -0.2) is 36.0 Å². The third-order valence-electron chi connectivity index (χ3n) is 3.35. The predicted octanol–water partition coefficient (Wildman–Crippen LogP) is 1.14. The Balaban J connectivity index is 2.36. The maximum atomic E-state index is 12.3. The zero-order valence-corrected chi connectivity index (χ0v) is 11.0.